The lowest BCUT2D eigenvalue weighted by Crippen LogP contribution is -2.27. The fourth-order valence-corrected chi connectivity index (χ4v) is 1.98. The summed E-state index contributed by atoms with van der Waals surface area (Å²) >= 11 is 0. The Hall–Kier alpha value is -1.14. The van der Waals surface area contributed by atoms with Gasteiger partial charge >= 0.3 is 0 Å². The summed E-state index contributed by atoms with van der Waals surface area (Å²) in [5.41, 5.74) is 0. The van der Waals surface area contributed by atoms with Gasteiger partial charge in [0, 0.05) is 13.1 Å². The number of ether oxygens (including phenoxy) is 4. The normalized spacial score (nSPS) is 25.0. The Morgan fingerprint density at radius 3 is 1.74 bits per heavy atom. The van der Waals surface area contributed by atoms with E-state index < -0.39 is 0 Å². The first-order chi connectivity index (χ1) is 13.2. The smallest absolute Gasteiger partial charge is 0.119 e. The van der Waals surface area contributed by atoms with Crippen molar-refractivity contribution in [1.82, 2.24) is 4.90 Å². The van der Waals surface area contributed by atoms with Gasteiger partial charge in [-0.05, 0) is 33.0 Å². The average molecular weight is 384 g/mol. The van der Waals surface area contributed by atoms with Gasteiger partial charge in [0.2, 0.25) is 0 Å². The third kappa shape index (κ3) is 16.7. The van der Waals surface area contributed by atoms with E-state index in [2.05, 4.69) is 11.9 Å². The van der Waals surface area contributed by atoms with Crippen LogP contribution in [0.3, 0.4) is 0 Å². The van der Waals surface area contributed by atoms with Gasteiger partial charge in [-0.25, -0.2) is 0 Å². The predicted octanol–water partition coefficient (Wildman–Crippen LogP) is 4.21. The molecule has 0 aliphatic carbocycles. The van der Waals surface area contributed by atoms with Gasteiger partial charge in [-0.2, -0.15) is 0 Å². The minimum atomic E-state index is 0.319. The molecular weight excluding hydrogens is 342 g/mol. The van der Waals surface area contributed by atoms with Crippen LogP contribution >= 0.6 is 0 Å². The highest BCUT2D eigenvalue weighted by Gasteiger charge is 2.28. The second-order valence-electron chi connectivity index (χ2n) is 5.99. The standard InChI is InChI=1S/C11H16O2.C7H13NO2.2C2H6/c1-3-5-7-10(6-4-2)12-8-11-9-13-11;1-8(2-6-4-9-6)3-7-5-10-7;2*1-2/h3-7,11H,8-9H2,1-2H3;6-7H,2-5H2,1H3;2*1-2H3/b5-3-,6-4-,10-7+;;;. The van der Waals surface area contributed by atoms with Gasteiger partial charge < -0.3 is 23.8 Å². The monoisotopic (exact) mass is 383 g/mol. The molecule has 0 aromatic rings. The molecule has 3 aliphatic rings. The summed E-state index contributed by atoms with van der Waals surface area (Å²) < 4.78 is 20.8. The van der Waals surface area contributed by atoms with Gasteiger partial charge in [-0.15, -0.1) is 0 Å². The minimum absolute atomic E-state index is 0.319. The molecule has 3 atom stereocenters. The van der Waals surface area contributed by atoms with E-state index in [-0.39, 0.29) is 0 Å². The highest BCUT2D eigenvalue weighted by Crippen LogP contribution is 2.14. The second kappa shape index (κ2) is 17.0. The summed E-state index contributed by atoms with van der Waals surface area (Å²) in [6, 6.07) is 0. The van der Waals surface area contributed by atoms with Gasteiger partial charge in [0.25, 0.3) is 0 Å². The number of hydrogen-bond donors (Lipinski definition) is 0. The lowest BCUT2D eigenvalue weighted by atomic mass is 10.3. The van der Waals surface area contributed by atoms with Gasteiger partial charge in [0.15, 0.2) is 0 Å². The zero-order chi connectivity index (χ0) is 20.5. The van der Waals surface area contributed by atoms with Crippen molar-refractivity contribution in [3.8, 4) is 0 Å². The molecule has 158 valence electrons. The molecular formula is C22H41NO4. The van der Waals surface area contributed by atoms with E-state index in [0.29, 0.717) is 24.9 Å². The third-order valence-corrected chi connectivity index (χ3v) is 3.46. The number of rotatable bonds is 9. The van der Waals surface area contributed by atoms with Gasteiger partial charge in [-0.3, -0.25) is 0 Å². The van der Waals surface area contributed by atoms with E-state index in [0.717, 1.165) is 38.7 Å². The minimum Gasteiger partial charge on any atom is -0.491 e. The summed E-state index contributed by atoms with van der Waals surface area (Å²) in [5, 5.41) is 0. The molecule has 3 heterocycles. The largest absolute Gasteiger partial charge is 0.491 e. The maximum Gasteiger partial charge on any atom is 0.119 e. The van der Waals surface area contributed by atoms with E-state index in [1.54, 1.807) is 0 Å². The van der Waals surface area contributed by atoms with Crippen LogP contribution in [0.2, 0.25) is 0 Å². The molecule has 3 saturated heterocycles. The van der Waals surface area contributed by atoms with Crippen LogP contribution in [-0.4, -0.2) is 69.8 Å². The van der Waals surface area contributed by atoms with Crippen molar-refractivity contribution in [1.29, 1.82) is 0 Å². The molecule has 27 heavy (non-hydrogen) atoms. The predicted molar refractivity (Wildman–Crippen MR) is 113 cm³/mol. The van der Waals surface area contributed by atoms with Crippen molar-refractivity contribution in [3.05, 3.63) is 36.1 Å². The molecule has 0 radical (unpaired) electrons. The summed E-state index contributed by atoms with van der Waals surface area (Å²) in [7, 11) is 2.11. The molecule has 3 fully saturated rings. The highest BCUT2D eigenvalue weighted by molar-refractivity contribution is 5.17. The molecule has 5 nitrogen and oxygen atoms in total. The molecule has 0 spiro atoms. The first-order valence-electron chi connectivity index (χ1n) is 10.3. The number of nitrogens with zero attached hydrogens (tertiary/aromatic N) is 1. The fourth-order valence-electron chi connectivity index (χ4n) is 1.98. The van der Waals surface area contributed by atoms with Crippen molar-refractivity contribution < 1.29 is 18.9 Å². The second-order valence-corrected chi connectivity index (χ2v) is 5.99. The molecule has 3 unspecified atom stereocenters. The van der Waals surface area contributed by atoms with Crippen molar-refractivity contribution in [2.45, 2.75) is 59.9 Å². The zero-order valence-corrected chi connectivity index (χ0v) is 18.4. The maximum atomic E-state index is 5.51. The van der Waals surface area contributed by atoms with Gasteiger partial charge in [0.1, 0.15) is 18.5 Å². The van der Waals surface area contributed by atoms with Crippen LogP contribution in [-0.2, 0) is 18.9 Å². The quantitative estimate of drug-likeness (QED) is 0.339. The summed E-state index contributed by atoms with van der Waals surface area (Å²) in [6.45, 7) is 17.5. The fraction of sp³-hybridized carbons (Fsp3) is 0.727. The molecule has 0 N–H and O–H groups in total. The van der Waals surface area contributed by atoms with Crippen molar-refractivity contribution in [3.63, 3.8) is 0 Å². The van der Waals surface area contributed by atoms with Crippen LogP contribution in [0.4, 0.5) is 0 Å². The topological polar surface area (TPSA) is 50.1 Å². The highest BCUT2D eigenvalue weighted by atomic mass is 16.6. The molecule has 5 heteroatoms. The van der Waals surface area contributed by atoms with E-state index in [1.807, 2.05) is 71.9 Å². The molecule has 0 bridgehead atoms. The van der Waals surface area contributed by atoms with E-state index in [4.69, 9.17) is 18.9 Å². The number of epoxide rings is 3. The Morgan fingerprint density at radius 1 is 0.889 bits per heavy atom. The molecule has 0 amide bonds. The molecule has 3 rings (SSSR count). The van der Waals surface area contributed by atoms with E-state index >= 15 is 0 Å². The first kappa shape index (κ1) is 25.9. The van der Waals surface area contributed by atoms with Crippen LogP contribution in [0.15, 0.2) is 36.1 Å². The molecule has 0 aromatic carbocycles. The van der Waals surface area contributed by atoms with Crippen LogP contribution in [0.5, 0.6) is 0 Å². The maximum absolute atomic E-state index is 5.51. The summed E-state index contributed by atoms with van der Waals surface area (Å²) in [4.78, 5) is 2.27. The zero-order valence-electron chi connectivity index (χ0n) is 18.4. The van der Waals surface area contributed by atoms with E-state index in [9.17, 15) is 0 Å². The van der Waals surface area contributed by atoms with Crippen molar-refractivity contribution in [2.24, 2.45) is 0 Å². The lowest BCUT2D eigenvalue weighted by molar-refractivity contribution is 0.193. The number of likely N-dealkylation sites (N-methyl/N-ethyl adjacent to an activating group) is 1. The third-order valence-electron chi connectivity index (χ3n) is 3.46. The van der Waals surface area contributed by atoms with Crippen molar-refractivity contribution in [2.75, 3.05) is 46.6 Å². The van der Waals surface area contributed by atoms with Crippen LogP contribution in [0.25, 0.3) is 0 Å². The Kier molecular flexibility index (Phi) is 16.3. The first-order valence-corrected chi connectivity index (χ1v) is 10.3. The Labute approximate surface area is 167 Å². The van der Waals surface area contributed by atoms with Crippen LogP contribution in [0, 0.1) is 0 Å². The molecule has 3 aliphatic heterocycles. The van der Waals surface area contributed by atoms with E-state index in [1.165, 1.54) is 0 Å². The Bertz CT molecular complexity index is 408. The lowest BCUT2D eigenvalue weighted by Gasteiger charge is -2.12. The van der Waals surface area contributed by atoms with Crippen LogP contribution < -0.4 is 0 Å². The Morgan fingerprint density at radius 2 is 1.37 bits per heavy atom. The molecule has 0 saturated carbocycles. The molecule has 0 aromatic heterocycles. The number of allylic oxidation sites excluding steroid dienone is 5. The van der Waals surface area contributed by atoms with Gasteiger partial charge in [-0.1, -0.05) is 45.9 Å². The van der Waals surface area contributed by atoms with Crippen LogP contribution in [0.1, 0.15) is 41.5 Å². The average Bonchev–Trinajstić information content (AvgIpc) is 3.53. The number of hydrogen-bond acceptors (Lipinski definition) is 5. The SMILES string of the molecule is CC.CC.CN(CC1CO1)CC1CO1.C\C=C/C=C(\C=C/C)OCC1CO1. The van der Waals surface area contributed by atoms with Gasteiger partial charge in [0.05, 0.1) is 32.0 Å². The summed E-state index contributed by atoms with van der Waals surface area (Å²) in [6.07, 6.45) is 11.1. The van der Waals surface area contributed by atoms with Crippen molar-refractivity contribution >= 4 is 0 Å². The summed E-state index contributed by atoms with van der Waals surface area (Å²) in [5.74, 6) is 0.885. The Balaban J connectivity index is 0.000000430.